The van der Waals surface area contributed by atoms with Crippen molar-refractivity contribution in [2.75, 3.05) is 4.72 Å². The Morgan fingerprint density at radius 1 is 1.00 bits per heavy atom. The second kappa shape index (κ2) is 4.88. The molecular formula is C17H16N2O2S. The number of sulfonamides is 1. The Kier molecular flexibility index (Phi) is 2.97. The lowest BCUT2D eigenvalue weighted by atomic mass is 10.2. The zero-order chi connectivity index (χ0) is 15.2. The quantitative estimate of drug-likeness (QED) is 0.806. The van der Waals surface area contributed by atoms with Crippen molar-refractivity contribution in [3.63, 3.8) is 0 Å². The lowest BCUT2D eigenvalue weighted by Crippen LogP contribution is -2.12. The Morgan fingerprint density at radius 3 is 2.64 bits per heavy atom. The maximum Gasteiger partial charge on any atom is 0.261 e. The summed E-state index contributed by atoms with van der Waals surface area (Å²) in [6.45, 7) is 1.05. The largest absolute Gasteiger partial charge is 0.345 e. The van der Waals surface area contributed by atoms with Crippen LogP contribution in [0.15, 0.2) is 59.5 Å². The maximum absolute atomic E-state index is 12.4. The van der Waals surface area contributed by atoms with Gasteiger partial charge in [0.15, 0.2) is 0 Å². The summed E-state index contributed by atoms with van der Waals surface area (Å²) in [6.07, 6.45) is 2.29. The van der Waals surface area contributed by atoms with Crippen molar-refractivity contribution < 1.29 is 8.42 Å². The first kappa shape index (κ1) is 13.4. The van der Waals surface area contributed by atoms with Crippen LogP contribution >= 0.6 is 0 Å². The fourth-order valence-electron chi connectivity index (χ4n) is 3.09. The number of hydrogen-bond acceptors (Lipinski definition) is 2. The van der Waals surface area contributed by atoms with E-state index in [1.54, 1.807) is 30.3 Å². The summed E-state index contributed by atoms with van der Waals surface area (Å²) in [5.74, 6) is 0. The monoisotopic (exact) mass is 312 g/mol. The summed E-state index contributed by atoms with van der Waals surface area (Å²) in [5, 5.41) is 1.09. The summed E-state index contributed by atoms with van der Waals surface area (Å²) in [5.41, 5.74) is 3.11. The van der Waals surface area contributed by atoms with Crippen molar-refractivity contribution >= 4 is 26.6 Å². The lowest BCUT2D eigenvalue weighted by Gasteiger charge is -2.08. The number of benzene rings is 2. The molecular weight excluding hydrogens is 296 g/mol. The van der Waals surface area contributed by atoms with Crippen LogP contribution in [0.2, 0.25) is 0 Å². The molecule has 0 bridgehead atoms. The zero-order valence-electron chi connectivity index (χ0n) is 12.0. The molecule has 5 heteroatoms. The molecule has 0 saturated carbocycles. The van der Waals surface area contributed by atoms with E-state index in [0.29, 0.717) is 5.69 Å². The molecule has 4 rings (SSSR count). The Labute approximate surface area is 129 Å². The second-order valence-electron chi connectivity index (χ2n) is 5.58. The maximum atomic E-state index is 12.4. The highest BCUT2D eigenvalue weighted by Crippen LogP contribution is 2.28. The van der Waals surface area contributed by atoms with Crippen molar-refractivity contribution in [2.24, 2.45) is 0 Å². The van der Waals surface area contributed by atoms with Gasteiger partial charge in [-0.3, -0.25) is 4.72 Å². The normalized spacial score (nSPS) is 14.2. The number of nitrogens with one attached hydrogen (secondary N) is 1. The molecule has 0 saturated heterocycles. The molecule has 0 unspecified atom stereocenters. The van der Waals surface area contributed by atoms with Crippen molar-refractivity contribution in [3.05, 3.63) is 60.3 Å². The first-order chi connectivity index (χ1) is 10.6. The van der Waals surface area contributed by atoms with E-state index in [9.17, 15) is 8.42 Å². The van der Waals surface area contributed by atoms with E-state index < -0.39 is 10.0 Å². The van der Waals surface area contributed by atoms with E-state index in [-0.39, 0.29) is 4.90 Å². The van der Waals surface area contributed by atoms with Crippen molar-refractivity contribution in [1.29, 1.82) is 0 Å². The molecule has 0 amide bonds. The molecule has 1 aromatic heterocycles. The average molecular weight is 312 g/mol. The molecule has 2 aromatic carbocycles. The van der Waals surface area contributed by atoms with Crippen LogP contribution in [0.4, 0.5) is 5.69 Å². The number of hydrogen-bond donors (Lipinski definition) is 1. The first-order valence-corrected chi connectivity index (χ1v) is 8.82. The first-order valence-electron chi connectivity index (χ1n) is 7.33. The summed E-state index contributed by atoms with van der Waals surface area (Å²) in [7, 11) is -3.53. The average Bonchev–Trinajstić information content (AvgIpc) is 3.08. The van der Waals surface area contributed by atoms with Crippen molar-refractivity contribution in [3.8, 4) is 0 Å². The van der Waals surface area contributed by atoms with E-state index in [1.165, 1.54) is 17.6 Å². The molecule has 22 heavy (non-hydrogen) atoms. The third-order valence-electron chi connectivity index (χ3n) is 4.11. The van der Waals surface area contributed by atoms with Gasteiger partial charge in [0.05, 0.1) is 4.90 Å². The molecule has 4 nitrogen and oxygen atoms in total. The number of fused-ring (bicyclic) bond motifs is 3. The second-order valence-corrected chi connectivity index (χ2v) is 7.27. The Hall–Kier alpha value is -2.27. The van der Waals surface area contributed by atoms with Crippen LogP contribution in [0.25, 0.3) is 10.9 Å². The molecule has 0 atom stereocenters. The number of nitrogens with zero attached hydrogens (tertiary/aromatic N) is 1. The van der Waals surface area contributed by atoms with Crippen LogP contribution in [0.3, 0.4) is 0 Å². The van der Waals surface area contributed by atoms with E-state index in [1.807, 2.05) is 18.2 Å². The van der Waals surface area contributed by atoms with Crippen molar-refractivity contribution in [2.45, 2.75) is 24.3 Å². The molecule has 1 N–H and O–H groups in total. The third kappa shape index (κ3) is 2.18. The SMILES string of the molecule is O=S(=O)(Nc1ccc2c(c1)cc1n2CCC1)c1ccccc1. The van der Waals surface area contributed by atoms with Gasteiger partial charge in [0.2, 0.25) is 0 Å². The highest BCUT2D eigenvalue weighted by atomic mass is 32.2. The van der Waals surface area contributed by atoms with Crippen LogP contribution in [-0.4, -0.2) is 13.0 Å². The Morgan fingerprint density at radius 2 is 1.82 bits per heavy atom. The topological polar surface area (TPSA) is 51.1 Å². The zero-order valence-corrected chi connectivity index (χ0v) is 12.8. The van der Waals surface area contributed by atoms with E-state index in [0.717, 1.165) is 18.4 Å². The van der Waals surface area contributed by atoms with Gasteiger partial charge in [-0.15, -0.1) is 0 Å². The molecule has 112 valence electrons. The van der Waals surface area contributed by atoms with Crippen LogP contribution in [0.1, 0.15) is 12.1 Å². The molecule has 0 fully saturated rings. The summed E-state index contributed by atoms with van der Waals surface area (Å²) in [4.78, 5) is 0.273. The highest BCUT2D eigenvalue weighted by molar-refractivity contribution is 7.92. The number of aryl methyl sites for hydroxylation is 2. The predicted octanol–water partition coefficient (Wildman–Crippen LogP) is 3.39. The Bertz CT molecular complexity index is 943. The van der Waals surface area contributed by atoms with Gasteiger partial charge in [-0.1, -0.05) is 18.2 Å². The number of rotatable bonds is 3. The number of aromatic nitrogens is 1. The van der Waals surface area contributed by atoms with Crippen molar-refractivity contribution in [1.82, 2.24) is 4.57 Å². The minimum absolute atomic E-state index is 0.273. The van der Waals surface area contributed by atoms with E-state index >= 15 is 0 Å². The standard InChI is InChI=1S/C17H16N2O2S/c20-22(21,16-6-2-1-3-7-16)18-14-8-9-17-13(11-14)12-15-5-4-10-19(15)17/h1-3,6-9,11-12,18H,4-5,10H2. The minimum atomic E-state index is -3.53. The van der Waals surface area contributed by atoms with Gasteiger partial charge in [-0.2, -0.15) is 0 Å². The molecule has 1 aliphatic heterocycles. The van der Waals surface area contributed by atoms with Crippen LogP contribution in [-0.2, 0) is 23.0 Å². The van der Waals surface area contributed by atoms with Crippen LogP contribution in [0, 0.1) is 0 Å². The fraction of sp³-hybridized carbons (Fsp3) is 0.176. The Balaban J connectivity index is 1.70. The third-order valence-corrected chi connectivity index (χ3v) is 5.50. The minimum Gasteiger partial charge on any atom is -0.345 e. The van der Waals surface area contributed by atoms with Gasteiger partial charge in [0, 0.05) is 28.8 Å². The fourth-order valence-corrected chi connectivity index (χ4v) is 4.17. The van der Waals surface area contributed by atoms with Gasteiger partial charge in [0.1, 0.15) is 0 Å². The predicted molar refractivity (Wildman–Crippen MR) is 87.5 cm³/mol. The molecule has 0 aliphatic carbocycles. The smallest absolute Gasteiger partial charge is 0.261 e. The molecule has 1 aliphatic rings. The highest BCUT2D eigenvalue weighted by Gasteiger charge is 2.16. The molecule has 0 radical (unpaired) electrons. The van der Waals surface area contributed by atoms with Gasteiger partial charge in [0.25, 0.3) is 10.0 Å². The van der Waals surface area contributed by atoms with Crippen LogP contribution in [0.5, 0.6) is 0 Å². The van der Waals surface area contributed by atoms with Gasteiger partial charge < -0.3 is 4.57 Å². The van der Waals surface area contributed by atoms with E-state index in [2.05, 4.69) is 15.4 Å². The lowest BCUT2D eigenvalue weighted by molar-refractivity contribution is 0.601. The summed E-state index contributed by atoms with van der Waals surface area (Å²) < 4.78 is 29.7. The van der Waals surface area contributed by atoms with Gasteiger partial charge in [-0.25, -0.2) is 8.42 Å². The van der Waals surface area contributed by atoms with E-state index in [4.69, 9.17) is 0 Å². The van der Waals surface area contributed by atoms with Gasteiger partial charge in [-0.05, 0) is 49.2 Å². The molecule has 0 spiro atoms. The summed E-state index contributed by atoms with van der Waals surface area (Å²) in [6, 6.07) is 16.3. The summed E-state index contributed by atoms with van der Waals surface area (Å²) >= 11 is 0. The molecule has 2 heterocycles. The van der Waals surface area contributed by atoms with Crippen LogP contribution < -0.4 is 4.72 Å². The molecule has 3 aromatic rings. The number of anilines is 1. The van der Waals surface area contributed by atoms with Gasteiger partial charge >= 0.3 is 0 Å².